The van der Waals surface area contributed by atoms with Gasteiger partial charge in [-0.3, -0.25) is 0 Å². The Kier molecular flexibility index (Phi) is 5.06. The second kappa shape index (κ2) is 9.29. The Morgan fingerprint density at radius 2 is 0.911 bits per heavy atom. The highest BCUT2D eigenvalue weighted by Gasteiger charge is 2.24. The molecule has 0 N–H and O–H groups in total. The van der Waals surface area contributed by atoms with Crippen LogP contribution in [0.25, 0.3) is 98.4 Å². The van der Waals surface area contributed by atoms with E-state index < -0.39 is 0 Å². The monoisotopic (exact) mass is 570 g/mol. The molecule has 0 spiro atoms. The average Bonchev–Trinajstić information content (AvgIpc) is 3.49. The van der Waals surface area contributed by atoms with Crippen LogP contribution in [0.5, 0.6) is 0 Å². The molecule has 10 aromatic rings. The summed E-state index contributed by atoms with van der Waals surface area (Å²) in [6.07, 6.45) is 0. The van der Waals surface area contributed by atoms with Gasteiger partial charge in [-0.05, 0) is 88.6 Å². The van der Waals surface area contributed by atoms with E-state index in [0.717, 1.165) is 11.2 Å². The van der Waals surface area contributed by atoms with Crippen LogP contribution >= 0.6 is 0 Å². The Bertz CT molecular complexity index is 2680. The highest BCUT2D eigenvalue weighted by molar-refractivity contribution is 6.31. The van der Waals surface area contributed by atoms with Crippen molar-refractivity contribution in [1.29, 1.82) is 0 Å². The molecule has 0 unspecified atom stereocenters. The SMILES string of the molecule is c1ccc(-c2cc3oc4cccc5ccc(c2-c2c6ccccc6c(-c6cccc7ccccc67)c6ccccc26)c3c54)cc1. The normalized spacial score (nSPS) is 12.0. The first-order chi connectivity index (χ1) is 22.3. The molecule has 1 heterocycles. The number of hydrogen-bond donors (Lipinski definition) is 0. The van der Waals surface area contributed by atoms with E-state index in [0.29, 0.717) is 0 Å². The van der Waals surface area contributed by atoms with Crippen molar-refractivity contribution < 1.29 is 4.42 Å². The quantitative estimate of drug-likeness (QED) is 0.152. The van der Waals surface area contributed by atoms with Crippen LogP contribution in [-0.2, 0) is 0 Å². The predicted molar refractivity (Wildman–Crippen MR) is 191 cm³/mol. The Labute approximate surface area is 259 Å². The van der Waals surface area contributed by atoms with Crippen molar-refractivity contribution in [2.24, 2.45) is 0 Å². The van der Waals surface area contributed by atoms with Crippen molar-refractivity contribution in [3.05, 3.63) is 158 Å². The maximum Gasteiger partial charge on any atom is 0.136 e. The minimum atomic E-state index is 0.931. The van der Waals surface area contributed by atoms with Gasteiger partial charge >= 0.3 is 0 Å². The van der Waals surface area contributed by atoms with Crippen molar-refractivity contribution in [1.82, 2.24) is 0 Å². The summed E-state index contributed by atoms with van der Waals surface area (Å²) in [5.74, 6) is 0. The summed E-state index contributed by atoms with van der Waals surface area (Å²) < 4.78 is 6.56. The van der Waals surface area contributed by atoms with E-state index >= 15 is 0 Å². The molecule has 0 atom stereocenters. The first-order valence-corrected chi connectivity index (χ1v) is 15.5. The maximum absolute atomic E-state index is 6.56. The van der Waals surface area contributed by atoms with Gasteiger partial charge in [0.25, 0.3) is 0 Å². The molecule has 45 heavy (non-hydrogen) atoms. The summed E-state index contributed by atoms with van der Waals surface area (Å²) in [5, 5.41) is 12.4. The Balaban J connectivity index is 1.44. The van der Waals surface area contributed by atoms with Crippen LogP contribution in [0.4, 0.5) is 0 Å². The van der Waals surface area contributed by atoms with Crippen molar-refractivity contribution in [3.63, 3.8) is 0 Å². The van der Waals surface area contributed by atoms with Crippen molar-refractivity contribution in [2.75, 3.05) is 0 Å². The van der Waals surface area contributed by atoms with Gasteiger partial charge < -0.3 is 4.42 Å². The largest absolute Gasteiger partial charge is 0.456 e. The molecular formula is C44H26O. The van der Waals surface area contributed by atoms with E-state index in [4.69, 9.17) is 4.42 Å². The van der Waals surface area contributed by atoms with Crippen LogP contribution in [0.1, 0.15) is 0 Å². The van der Waals surface area contributed by atoms with Gasteiger partial charge in [-0.25, -0.2) is 0 Å². The molecule has 0 radical (unpaired) electrons. The lowest BCUT2D eigenvalue weighted by Crippen LogP contribution is -1.94. The van der Waals surface area contributed by atoms with Gasteiger partial charge in [0.2, 0.25) is 0 Å². The topological polar surface area (TPSA) is 13.1 Å². The third kappa shape index (κ3) is 3.44. The molecule has 0 amide bonds. The fourth-order valence-corrected chi connectivity index (χ4v) is 7.76. The molecule has 10 rings (SSSR count). The van der Waals surface area contributed by atoms with Gasteiger partial charge in [0.1, 0.15) is 11.2 Å². The van der Waals surface area contributed by atoms with Crippen LogP contribution in [0.3, 0.4) is 0 Å². The number of rotatable bonds is 3. The summed E-state index contributed by atoms with van der Waals surface area (Å²) in [7, 11) is 0. The first-order valence-electron chi connectivity index (χ1n) is 15.5. The molecule has 208 valence electrons. The van der Waals surface area contributed by atoms with Gasteiger partial charge in [-0.15, -0.1) is 0 Å². The van der Waals surface area contributed by atoms with Crippen LogP contribution in [0.2, 0.25) is 0 Å². The smallest absolute Gasteiger partial charge is 0.136 e. The average molecular weight is 571 g/mol. The van der Waals surface area contributed by atoms with Gasteiger partial charge in [-0.1, -0.05) is 146 Å². The third-order valence-electron chi connectivity index (χ3n) is 9.61. The summed E-state index contributed by atoms with van der Waals surface area (Å²) in [5.41, 5.74) is 9.28. The van der Waals surface area contributed by atoms with E-state index in [9.17, 15) is 0 Å². The maximum atomic E-state index is 6.56. The van der Waals surface area contributed by atoms with E-state index in [1.54, 1.807) is 0 Å². The van der Waals surface area contributed by atoms with Crippen molar-refractivity contribution >= 4 is 65.0 Å². The second-order valence-corrected chi connectivity index (χ2v) is 12.0. The lowest BCUT2D eigenvalue weighted by atomic mass is 9.81. The summed E-state index contributed by atoms with van der Waals surface area (Å²) in [6.45, 7) is 0. The molecule has 0 aliphatic heterocycles. The Morgan fingerprint density at radius 1 is 0.311 bits per heavy atom. The van der Waals surface area contributed by atoms with E-state index in [1.807, 2.05) is 0 Å². The second-order valence-electron chi connectivity index (χ2n) is 12.0. The zero-order chi connectivity index (χ0) is 29.5. The Morgan fingerprint density at radius 3 is 1.67 bits per heavy atom. The zero-order valence-electron chi connectivity index (χ0n) is 24.4. The van der Waals surface area contributed by atoms with Gasteiger partial charge in [0.05, 0.1) is 0 Å². The number of benzene rings is 9. The molecule has 1 aromatic heterocycles. The Hall–Kier alpha value is -5.92. The summed E-state index contributed by atoms with van der Waals surface area (Å²) >= 11 is 0. The van der Waals surface area contributed by atoms with Crippen LogP contribution < -0.4 is 0 Å². The predicted octanol–water partition coefficient (Wildman–Crippen LogP) is 12.6. The van der Waals surface area contributed by atoms with Gasteiger partial charge in [0, 0.05) is 10.8 Å². The number of hydrogen-bond acceptors (Lipinski definition) is 1. The fourth-order valence-electron chi connectivity index (χ4n) is 7.76. The van der Waals surface area contributed by atoms with Crippen LogP contribution in [-0.4, -0.2) is 0 Å². The molecule has 0 saturated heterocycles. The van der Waals surface area contributed by atoms with Crippen LogP contribution in [0.15, 0.2) is 162 Å². The molecule has 0 bridgehead atoms. The molecule has 0 fully saturated rings. The van der Waals surface area contributed by atoms with Gasteiger partial charge in [-0.2, -0.15) is 0 Å². The number of fused-ring (bicyclic) bond motifs is 3. The standard InChI is InChI=1S/C44H26O/c1-2-12-28(13-3-1)37-26-39-44-36(25-24-29-16-11-23-38(45-39)40(29)44)43(37)42-34-20-8-6-18-32(34)41(33-19-7-9-21-35(33)42)31-22-10-15-27-14-4-5-17-30(27)31/h1-26H. The highest BCUT2D eigenvalue weighted by atomic mass is 16.3. The van der Waals surface area contributed by atoms with E-state index in [1.165, 1.54) is 87.2 Å². The molecule has 0 aliphatic rings. The molecule has 0 aliphatic carbocycles. The van der Waals surface area contributed by atoms with E-state index in [-0.39, 0.29) is 0 Å². The lowest BCUT2D eigenvalue weighted by Gasteiger charge is -2.22. The molecule has 1 nitrogen and oxygen atoms in total. The molecular weight excluding hydrogens is 544 g/mol. The lowest BCUT2D eigenvalue weighted by molar-refractivity contribution is 0.669. The summed E-state index contributed by atoms with van der Waals surface area (Å²) in [6, 6.07) is 57.3. The fraction of sp³-hybridized carbons (Fsp3) is 0. The molecule has 0 saturated carbocycles. The summed E-state index contributed by atoms with van der Waals surface area (Å²) in [4.78, 5) is 0. The van der Waals surface area contributed by atoms with Gasteiger partial charge in [0.15, 0.2) is 0 Å². The van der Waals surface area contributed by atoms with Crippen molar-refractivity contribution in [2.45, 2.75) is 0 Å². The molecule has 1 heteroatoms. The first kappa shape index (κ1) is 24.5. The third-order valence-corrected chi connectivity index (χ3v) is 9.61. The number of furan rings is 1. The molecule has 9 aromatic carbocycles. The van der Waals surface area contributed by atoms with Crippen LogP contribution in [0, 0.1) is 0 Å². The zero-order valence-corrected chi connectivity index (χ0v) is 24.4. The van der Waals surface area contributed by atoms with E-state index in [2.05, 4.69) is 158 Å². The van der Waals surface area contributed by atoms with Crippen molar-refractivity contribution in [3.8, 4) is 33.4 Å². The minimum absolute atomic E-state index is 0.931. The minimum Gasteiger partial charge on any atom is -0.456 e. The highest BCUT2D eigenvalue weighted by Crippen LogP contribution is 2.51.